The standard InChI is InChI=1S/C13H22N4O3/c1-4-13(14,5-2)9-15-12(18)11-7-10(17(19)20)8-16(11)6-3/h7-8H,4-6,9,14H2,1-3H3,(H,15,18). The molecule has 7 heteroatoms. The first-order valence-electron chi connectivity index (χ1n) is 6.78. The lowest BCUT2D eigenvalue weighted by Crippen LogP contribution is -2.49. The van der Waals surface area contributed by atoms with E-state index in [1.165, 1.54) is 12.3 Å². The molecule has 0 radical (unpaired) electrons. The summed E-state index contributed by atoms with van der Waals surface area (Å²) in [6.07, 6.45) is 2.86. The number of hydrogen-bond donors (Lipinski definition) is 2. The molecule has 0 atom stereocenters. The van der Waals surface area contributed by atoms with Gasteiger partial charge in [0.25, 0.3) is 11.6 Å². The van der Waals surface area contributed by atoms with Gasteiger partial charge in [-0.25, -0.2) is 0 Å². The Kier molecular flexibility index (Phi) is 5.26. The third-order valence-corrected chi connectivity index (χ3v) is 3.68. The number of nitro groups is 1. The number of nitrogens with zero attached hydrogens (tertiary/aromatic N) is 2. The molecule has 0 aliphatic heterocycles. The highest BCUT2D eigenvalue weighted by Crippen LogP contribution is 2.17. The maximum absolute atomic E-state index is 12.1. The van der Waals surface area contributed by atoms with Crippen LogP contribution < -0.4 is 11.1 Å². The topological polar surface area (TPSA) is 103 Å². The predicted octanol–water partition coefficient (Wildman–Crippen LogP) is 1.66. The van der Waals surface area contributed by atoms with Crippen LogP contribution >= 0.6 is 0 Å². The number of nitrogens with one attached hydrogen (secondary N) is 1. The van der Waals surface area contributed by atoms with E-state index in [0.29, 0.717) is 13.1 Å². The van der Waals surface area contributed by atoms with Gasteiger partial charge in [0, 0.05) is 24.7 Å². The lowest BCUT2D eigenvalue weighted by molar-refractivity contribution is -0.384. The highest BCUT2D eigenvalue weighted by Gasteiger charge is 2.23. The summed E-state index contributed by atoms with van der Waals surface area (Å²) in [5.74, 6) is -0.336. The molecule has 1 amide bonds. The van der Waals surface area contributed by atoms with E-state index in [0.717, 1.165) is 12.8 Å². The number of aryl methyl sites for hydroxylation is 1. The zero-order valence-corrected chi connectivity index (χ0v) is 12.2. The van der Waals surface area contributed by atoms with Gasteiger partial charge in [-0.3, -0.25) is 14.9 Å². The summed E-state index contributed by atoms with van der Waals surface area (Å²) in [5.41, 5.74) is 5.88. The molecule has 1 aromatic rings. The second-order valence-electron chi connectivity index (χ2n) is 4.88. The van der Waals surface area contributed by atoms with E-state index in [1.807, 2.05) is 20.8 Å². The van der Waals surface area contributed by atoms with Gasteiger partial charge in [0.15, 0.2) is 0 Å². The summed E-state index contributed by atoms with van der Waals surface area (Å²) < 4.78 is 1.56. The normalized spacial score (nSPS) is 11.4. The Bertz CT molecular complexity index is 492. The average Bonchev–Trinajstić information content (AvgIpc) is 2.89. The van der Waals surface area contributed by atoms with Crippen LogP contribution in [0.5, 0.6) is 0 Å². The van der Waals surface area contributed by atoms with Gasteiger partial charge in [-0.15, -0.1) is 0 Å². The molecule has 1 aromatic heterocycles. The van der Waals surface area contributed by atoms with E-state index in [-0.39, 0.29) is 17.3 Å². The molecule has 7 nitrogen and oxygen atoms in total. The minimum atomic E-state index is -0.506. The van der Waals surface area contributed by atoms with Crippen LogP contribution in [0.2, 0.25) is 0 Å². The van der Waals surface area contributed by atoms with Gasteiger partial charge in [0.1, 0.15) is 5.69 Å². The Balaban J connectivity index is 2.84. The monoisotopic (exact) mass is 282 g/mol. The van der Waals surface area contributed by atoms with Crippen molar-refractivity contribution in [2.24, 2.45) is 5.73 Å². The molecule has 1 rings (SSSR count). The maximum atomic E-state index is 12.1. The number of rotatable bonds is 7. The lowest BCUT2D eigenvalue weighted by Gasteiger charge is -2.26. The summed E-state index contributed by atoms with van der Waals surface area (Å²) >= 11 is 0. The maximum Gasteiger partial charge on any atom is 0.287 e. The Morgan fingerprint density at radius 3 is 2.50 bits per heavy atom. The Morgan fingerprint density at radius 1 is 1.45 bits per heavy atom. The van der Waals surface area contributed by atoms with Crippen LogP contribution in [0, 0.1) is 10.1 Å². The largest absolute Gasteiger partial charge is 0.349 e. The van der Waals surface area contributed by atoms with Crippen LogP contribution in [0.4, 0.5) is 5.69 Å². The molecule has 0 bridgehead atoms. The summed E-state index contributed by atoms with van der Waals surface area (Å²) in [5, 5.41) is 13.5. The van der Waals surface area contributed by atoms with Crippen molar-refractivity contribution >= 4 is 11.6 Å². The molecule has 0 saturated carbocycles. The zero-order valence-electron chi connectivity index (χ0n) is 12.2. The minimum absolute atomic E-state index is 0.0815. The predicted molar refractivity (Wildman–Crippen MR) is 76.6 cm³/mol. The summed E-state index contributed by atoms with van der Waals surface area (Å²) in [4.78, 5) is 22.4. The number of carbonyl (C=O) groups excluding carboxylic acids is 1. The van der Waals surface area contributed by atoms with Gasteiger partial charge in [0.2, 0.25) is 0 Å². The minimum Gasteiger partial charge on any atom is -0.349 e. The van der Waals surface area contributed by atoms with Crippen LogP contribution in [0.1, 0.15) is 44.1 Å². The van der Waals surface area contributed by atoms with Crippen LogP contribution in [-0.2, 0) is 6.54 Å². The van der Waals surface area contributed by atoms with Gasteiger partial charge in [-0.2, -0.15) is 0 Å². The van der Waals surface area contributed by atoms with E-state index in [1.54, 1.807) is 4.57 Å². The molecule has 0 fully saturated rings. The molecular formula is C13H22N4O3. The van der Waals surface area contributed by atoms with Crippen molar-refractivity contribution in [3.63, 3.8) is 0 Å². The van der Waals surface area contributed by atoms with Crippen molar-refractivity contribution in [3.8, 4) is 0 Å². The van der Waals surface area contributed by atoms with Crippen molar-refractivity contribution in [1.82, 2.24) is 9.88 Å². The first-order valence-corrected chi connectivity index (χ1v) is 6.78. The highest BCUT2D eigenvalue weighted by molar-refractivity contribution is 5.93. The first-order chi connectivity index (χ1) is 9.36. The molecule has 0 aliphatic rings. The van der Waals surface area contributed by atoms with E-state index in [4.69, 9.17) is 5.73 Å². The van der Waals surface area contributed by atoms with E-state index < -0.39 is 10.5 Å². The van der Waals surface area contributed by atoms with Crippen LogP contribution in [0.3, 0.4) is 0 Å². The lowest BCUT2D eigenvalue weighted by atomic mass is 9.94. The molecule has 20 heavy (non-hydrogen) atoms. The van der Waals surface area contributed by atoms with Gasteiger partial charge in [0.05, 0.1) is 11.1 Å². The van der Waals surface area contributed by atoms with Crippen molar-refractivity contribution in [1.29, 1.82) is 0 Å². The quantitative estimate of drug-likeness (QED) is 0.586. The Labute approximate surface area is 118 Å². The van der Waals surface area contributed by atoms with Crippen molar-refractivity contribution < 1.29 is 9.72 Å². The summed E-state index contributed by atoms with van der Waals surface area (Å²) in [6.45, 7) is 6.60. The summed E-state index contributed by atoms with van der Waals surface area (Å²) in [7, 11) is 0. The van der Waals surface area contributed by atoms with Crippen LogP contribution in [0.25, 0.3) is 0 Å². The smallest absolute Gasteiger partial charge is 0.287 e. The molecule has 0 saturated heterocycles. The highest BCUT2D eigenvalue weighted by atomic mass is 16.6. The molecular weight excluding hydrogens is 260 g/mol. The molecule has 0 spiro atoms. The van der Waals surface area contributed by atoms with Crippen LogP contribution in [0.15, 0.2) is 12.3 Å². The molecule has 0 unspecified atom stereocenters. The first kappa shape index (κ1) is 16.2. The van der Waals surface area contributed by atoms with Crippen molar-refractivity contribution in [3.05, 3.63) is 28.1 Å². The number of amides is 1. The average molecular weight is 282 g/mol. The van der Waals surface area contributed by atoms with Gasteiger partial charge >= 0.3 is 0 Å². The molecule has 3 N–H and O–H groups in total. The zero-order chi connectivity index (χ0) is 15.3. The Morgan fingerprint density at radius 2 is 2.05 bits per heavy atom. The molecule has 0 aliphatic carbocycles. The van der Waals surface area contributed by atoms with E-state index in [2.05, 4.69) is 5.32 Å². The SMILES string of the molecule is CCn1cc([N+](=O)[O-])cc1C(=O)NCC(N)(CC)CC. The third-order valence-electron chi connectivity index (χ3n) is 3.68. The number of hydrogen-bond acceptors (Lipinski definition) is 4. The van der Waals surface area contributed by atoms with Crippen LogP contribution in [-0.4, -0.2) is 27.5 Å². The fourth-order valence-corrected chi connectivity index (χ4v) is 1.89. The Hall–Kier alpha value is -1.89. The van der Waals surface area contributed by atoms with Gasteiger partial charge in [-0.1, -0.05) is 13.8 Å². The third kappa shape index (κ3) is 3.57. The molecule has 1 heterocycles. The second-order valence-corrected chi connectivity index (χ2v) is 4.88. The molecule has 112 valence electrons. The second kappa shape index (κ2) is 6.51. The number of carbonyl (C=O) groups is 1. The molecule has 0 aromatic carbocycles. The number of nitrogens with two attached hydrogens (primary N) is 1. The fourth-order valence-electron chi connectivity index (χ4n) is 1.89. The number of aromatic nitrogens is 1. The van der Waals surface area contributed by atoms with Gasteiger partial charge in [-0.05, 0) is 19.8 Å². The van der Waals surface area contributed by atoms with Crippen molar-refractivity contribution in [2.45, 2.75) is 45.7 Å². The van der Waals surface area contributed by atoms with E-state index >= 15 is 0 Å². The summed E-state index contributed by atoms with van der Waals surface area (Å²) in [6, 6.07) is 1.29. The fraction of sp³-hybridized carbons (Fsp3) is 0.615. The van der Waals surface area contributed by atoms with Gasteiger partial charge < -0.3 is 15.6 Å². The van der Waals surface area contributed by atoms with Crippen molar-refractivity contribution in [2.75, 3.05) is 6.54 Å². The van der Waals surface area contributed by atoms with E-state index in [9.17, 15) is 14.9 Å².